The fraction of sp³-hybridized carbons (Fsp3) is 0.571. The Balaban J connectivity index is 2.26. The van der Waals surface area contributed by atoms with E-state index in [4.69, 9.17) is 4.74 Å². The molecule has 0 radical (unpaired) electrons. The van der Waals surface area contributed by atoms with Crippen molar-refractivity contribution < 1.29 is 14.3 Å². The lowest BCUT2D eigenvalue weighted by molar-refractivity contribution is -0.153. The molecule has 0 amide bonds. The van der Waals surface area contributed by atoms with Crippen molar-refractivity contribution >= 4 is 11.8 Å². The standard InChI is InChI=1S/C14H18O3/c1-3-4-6-14(17-10(2)15)7-5-11-8-12(16)9-13(11)14/h3,9,11H,1,4-8H2,2H3/t11-,14+/m0/s1. The Bertz CT molecular complexity index is 394. The Morgan fingerprint density at radius 2 is 2.47 bits per heavy atom. The van der Waals surface area contributed by atoms with Gasteiger partial charge in [0.15, 0.2) is 5.78 Å². The molecule has 0 spiro atoms. The number of rotatable bonds is 4. The molecule has 2 aliphatic rings. The van der Waals surface area contributed by atoms with Crippen LogP contribution in [0.25, 0.3) is 0 Å². The summed E-state index contributed by atoms with van der Waals surface area (Å²) in [4.78, 5) is 22.7. The number of fused-ring (bicyclic) bond motifs is 1. The van der Waals surface area contributed by atoms with Crippen molar-refractivity contribution in [2.75, 3.05) is 0 Å². The highest BCUT2D eigenvalue weighted by Gasteiger charge is 2.48. The van der Waals surface area contributed by atoms with Crippen molar-refractivity contribution in [2.24, 2.45) is 5.92 Å². The highest BCUT2D eigenvalue weighted by Crippen LogP contribution is 2.49. The maximum atomic E-state index is 11.5. The second-order valence-corrected chi connectivity index (χ2v) is 4.92. The van der Waals surface area contributed by atoms with E-state index in [1.54, 1.807) is 6.08 Å². The van der Waals surface area contributed by atoms with Gasteiger partial charge in [0.25, 0.3) is 0 Å². The number of hydrogen-bond acceptors (Lipinski definition) is 3. The van der Waals surface area contributed by atoms with Gasteiger partial charge >= 0.3 is 5.97 Å². The molecular weight excluding hydrogens is 216 g/mol. The van der Waals surface area contributed by atoms with E-state index in [9.17, 15) is 9.59 Å². The third kappa shape index (κ3) is 2.19. The van der Waals surface area contributed by atoms with Gasteiger partial charge in [-0.1, -0.05) is 6.08 Å². The summed E-state index contributed by atoms with van der Waals surface area (Å²) in [7, 11) is 0. The van der Waals surface area contributed by atoms with Gasteiger partial charge in [0, 0.05) is 13.3 Å². The summed E-state index contributed by atoms with van der Waals surface area (Å²) < 4.78 is 5.56. The summed E-state index contributed by atoms with van der Waals surface area (Å²) in [6.45, 7) is 5.14. The molecule has 0 heterocycles. The average molecular weight is 234 g/mol. The molecule has 2 atom stereocenters. The van der Waals surface area contributed by atoms with E-state index < -0.39 is 5.60 Å². The van der Waals surface area contributed by atoms with Crippen molar-refractivity contribution in [1.82, 2.24) is 0 Å². The fourth-order valence-electron chi connectivity index (χ4n) is 3.06. The molecular formula is C14H18O3. The first-order chi connectivity index (χ1) is 8.07. The number of ether oxygens (including phenoxy) is 1. The molecule has 0 aromatic rings. The summed E-state index contributed by atoms with van der Waals surface area (Å²) in [5, 5.41) is 0. The predicted molar refractivity (Wildman–Crippen MR) is 64.4 cm³/mol. The van der Waals surface area contributed by atoms with Gasteiger partial charge in [-0.25, -0.2) is 0 Å². The van der Waals surface area contributed by atoms with Gasteiger partial charge in [-0.15, -0.1) is 6.58 Å². The van der Waals surface area contributed by atoms with Gasteiger partial charge in [0.2, 0.25) is 0 Å². The van der Waals surface area contributed by atoms with Gasteiger partial charge < -0.3 is 4.74 Å². The topological polar surface area (TPSA) is 43.4 Å². The molecule has 1 fully saturated rings. The minimum atomic E-state index is -0.531. The molecule has 0 N–H and O–H groups in total. The largest absolute Gasteiger partial charge is 0.455 e. The number of carbonyl (C=O) groups excluding carboxylic acids is 2. The summed E-state index contributed by atoms with van der Waals surface area (Å²) in [5.74, 6) is 0.196. The van der Waals surface area contributed by atoms with Gasteiger partial charge in [-0.3, -0.25) is 9.59 Å². The molecule has 0 aromatic carbocycles. The maximum absolute atomic E-state index is 11.5. The van der Waals surface area contributed by atoms with Gasteiger partial charge in [0.05, 0.1) is 0 Å². The first-order valence-corrected chi connectivity index (χ1v) is 6.13. The van der Waals surface area contributed by atoms with Crippen LogP contribution < -0.4 is 0 Å². The molecule has 0 bridgehead atoms. The lowest BCUT2D eigenvalue weighted by Gasteiger charge is -2.30. The number of hydrogen-bond donors (Lipinski definition) is 0. The van der Waals surface area contributed by atoms with E-state index in [1.165, 1.54) is 6.92 Å². The predicted octanol–water partition coefficient (Wildman–Crippen LogP) is 2.56. The number of esters is 1. The molecule has 3 heteroatoms. The summed E-state index contributed by atoms with van der Waals surface area (Å²) in [6.07, 6.45) is 7.44. The number of allylic oxidation sites excluding steroid dienone is 2. The molecule has 0 saturated heterocycles. The number of carbonyl (C=O) groups is 2. The third-order valence-electron chi connectivity index (χ3n) is 3.72. The van der Waals surface area contributed by atoms with Crippen molar-refractivity contribution in [3.8, 4) is 0 Å². The Hall–Kier alpha value is -1.38. The van der Waals surface area contributed by atoms with E-state index in [-0.39, 0.29) is 11.8 Å². The van der Waals surface area contributed by atoms with Gasteiger partial charge in [0.1, 0.15) is 5.60 Å². The lowest BCUT2D eigenvalue weighted by Crippen LogP contribution is -2.33. The van der Waals surface area contributed by atoms with E-state index in [2.05, 4.69) is 6.58 Å². The van der Waals surface area contributed by atoms with E-state index in [1.807, 2.05) is 6.08 Å². The van der Waals surface area contributed by atoms with E-state index in [0.29, 0.717) is 12.3 Å². The summed E-state index contributed by atoms with van der Waals surface area (Å²) >= 11 is 0. The highest BCUT2D eigenvalue weighted by atomic mass is 16.6. The van der Waals surface area contributed by atoms with Crippen LogP contribution in [-0.4, -0.2) is 17.4 Å². The third-order valence-corrected chi connectivity index (χ3v) is 3.72. The Labute approximate surface area is 102 Å². The second-order valence-electron chi connectivity index (χ2n) is 4.92. The van der Waals surface area contributed by atoms with Crippen LogP contribution in [0.3, 0.4) is 0 Å². The molecule has 1 saturated carbocycles. The SMILES string of the molecule is C=CCC[C@@]1(OC(C)=O)CC[C@H]2CC(=O)C=C21. The van der Waals surface area contributed by atoms with Crippen LogP contribution in [0.2, 0.25) is 0 Å². The molecule has 2 aliphatic carbocycles. The monoisotopic (exact) mass is 234 g/mol. The molecule has 0 aliphatic heterocycles. The minimum Gasteiger partial charge on any atom is -0.455 e. The zero-order chi connectivity index (χ0) is 12.5. The second kappa shape index (κ2) is 4.47. The first kappa shape index (κ1) is 12.1. The molecule has 92 valence electrons. The van der Waals surface area contributed by atoms with Crippen LogP contribution in [0.4, 0.5) is 0 Å². The van der Waals surface area contributed by atoms with Crippen LogP contribution in [0.1, 0.15) is 39.0 Å². The molecule has 2 rings (SSSR count). The van der Waals surface area contributed by atoms with Gasteiger partial charge in [-0.05, 0) is 43.3 Å². The lowest BCUT2D eigenvalue weighted by atomic mass is 9.90. The summed E-state index contributed by atoms with van der Waals surface area (Å²) in [6, 6.07) is 0. The molecule has 0 unspecified atom stereocenters. The zero-order valence-corrected chi connectivity index (χ0v) is 10.2. The highest BCUT2D eigenvalue weighted by molar-refractivity contribution is 5.94. The van der Waals surface area contributed by atoms with Crippen LogP contribution >= 0.6 is 0 Å². The van der Waals surface area contributed by atoms with Crippen molar-refractivity contribution in [3.63, 3.8) is 0 Å². The first-order valence-electron chi connectivity index (χ1n) is 6.13. The van der Waals surface area contributed by atoms with Crippen LogP contribution in [-0.2, 0) is 14.3 Å². The average Bonchev–Trinajstić information content (AvgIpc) is 2.75. The zero-order valence-electron chi connectivity index (χ0n) is 10.2. The maximum Gasteiger partial charge on any atom is 0.303 e. The Morgan fingerprint density at radius 1 is 1.71 bits per heavy atom. The van der Waals surface area contributed by atoms with Crippen molar-refractivity contribution in [1.29, 1.82) is 0 Å². The number of ketones is 1. The summed E-state index contributed by atoms with van der Waals surface area (Å²) in [5.41, 5.74) is 0.510. The molecule has 0 aromatic heterocycles. The van der Waals surface area contributed by atoms with Crippen molar-refractivity contribution in [2.45, 2.75) is 44.6 Å². The smallest absolute Gasteiger partial charge is 0.303 e. The fourth-order valence-corrected chi connectivity index (χ4v) is 3.06. The van der Waals surface area contributed by atoms with Gasteiger partial charge in [-0.2, -0.15) is 0 Å². The van der Waals surface area contributed by atoms with E-state index >= 15 is 0 Å². The Morgan fingerprint density at radius 3 is 3.12 bits per heavy atom. The normalized spacial score (nSPS) is 31.0. The van der Waals surface area contributed by atoms with Crippen LogP contribution in [0.5, 0.6) is 0 Å². The molecule has 17 heavy (non-hydrogen) atoms. The van der Waals surface area contributed by atoms with Crippen LogP contribution in [0.15, 0.2) is 24.3 Å². The molecule has 3 nitrogen and oxygen atoms in total. The minimum absolute atomic E-state index is 0.167. The Kier molecular flexibility index (Phi) is 3.18. The van der Waals surface area contributed by atoms with Crippen molar-refractivity contribution in [3.05, 3.63) is 24.3 Å². The van der Waals surface area contributed by atoms with Crippen LogP contribution in [0, 0.1) is 5.92 Å². The quantitative estimate of drug-likeness (QED) is 0.554. The van der Waals surface area contributed by atoms with E-state index in [0.717, 1.165) is 31.3 Å².